The number of pyridine rings is 1. The Labute approximate surface area is 121 Å². The van der Waals surface area contributed by atoms with Crippen LogP contribution in [0.25, 0.3) is 10.9 Å². The summed E-state index contributed by atoms with van der Waals surface area (Å²) < 4.78 is 0. The molecule has 3 N–H and O–H groups in total. The number of carbonyl (C=O) groups excluding carboxylic acids is 2. The second-order valence-electron chi connectivity index (χ2n) is 5.06. The highest BCUT2D eigenvalue weighted by atomic mass is 16.2. The number of benzene rings is 1. The molecule has 108 valence electrons. The Bertz CT molecular complexity index is 696. The van der Waals surface area contributed by atoms with Crippen LogP contribution in [-0.4, -0.2) is 34.4 Å². The third-order valence-electron chi connectivity index (χ3n) is 3.72. The molecule has 3 amide bonds. The Morgan fingerprint density at radius 2 is 2.10 bits per heavy atom. The predicted octanol–water partition coefficient (Wildman–Crippen LogP) is 1.72. The smallest absolute Gasteiger partial charge is 0.322 e. The van der Waals surface area contributed by atoms with Gasteiger partial charge in [-0.3, -0.25) is 9.78 Å². The summed E-state index contributed by atoms with van der Waals surface area (Å²) in [6.07, 6.45) is 3.09. The predicted molar refractivity (Wildman–Crippen MR) is 79.7 cm³/mol. The molecular formula is C15H16N4O2. The number of nitrogens with one attached hydrogen (secondary N) is 1. The fourth-order valence-electron chi connectivity index (χ4n) is 2.70. The van der Waals surface area contributed by atoms with E-state index in [9.17, 15) is 9.59 Å². The number of hydrogen-bond acceptors (Lipinski definition) is 3. The van der Waals surface area contributed by atoms with Crippen molar-refractivity contribution in [1.29, 1.82) is 0 Å². The number of fused-ring (bicyclic) bond motifs is 1. The number of amides is 3. The third kappa shape index (κ3) is 2.52. The van der Waals surface area contributed by atoms with E-state index in [1.54, 1.807) is 12.3 Å². The summed E-state index contributed by atoms with van der Waals surface area (Å²) in [5, 5.41) is 3.78. The van der Waals surface area contributed by atoms with Gasteiger partial charge >= 0.3 is 6.03 Å². The highest BCUT2D eigenvalue weighted by molar-refractivity contribution is 6.00. The van der Waals surface area contributed by atoms with Crippen molar-refractivity contribution in [2.75, 3.05) is 11.9 Å². The van der Waals surface area contributed by atoms with Crippen molar-refractivity contribution in [2.45, 2.75) is 18.9 Å². The molecule has 0 aliphatic carbocycles. The number of urea groups is 1. The molecule has 3 rings (SSSR count). The van der Waals surface area contributed by atoms with Crippen LogP contribution in [0.15, 0.2) is 36.5 Å². The van der Waals surface area contributed by atoms with Crippen LogP contribution >= 0.6 is 0 Å². The number of hydrogen-bond donors (Lipinski definition) is 2. The molecule has 1 aromatic heterocycles. The number of rotatable bonds is 2. The lowest BCUT2D eigenvalue weighted by atomic mass is 10.2. The number of likely N-dealkylation sites (tertiary alicyclic amines) is 1. The molecule has 2 aromatic rings. The van der Waals surface area contributed by atoms with Crippen LogP contribution < -0.4 is 11.1 Å². The Balaban J connectivity index is 1.85. The molecule has 1 aliphatic rings. The van der Waals surface area contributed by atoms with Gasteiger partial charge in [0.05, 0.1) is 11.2 Å². The third-order valence-corrected chi connectivity index (χ3v) is 3.72. The molecule has 1 aromatic carbocycles. The maximum Gasteiger partial charge on any atom is 0.322 e. The molecular weight excluding hydrogens is 268 g/mol. The molecule has 0 unspecified atom stereocenters. The highest BCUT2D eigenvalue weighted by Crippen LogP contribution is 2.23. The number of aromatic nitrogens is 1. The number of nitrogens with two attached hydrogens (primary N) is 1. The minimum atomic E-state index is -0.520. The summed E-state index contributed by atoms with van der Waals surface area (Å²) in [5.74, 6) is -0.460. The quantitative estimate of drug-likeness (QED) is 0.880. The van der Waals surface area contributed by atoms with Crippen LogP contribution in [0.5, 0.6) is 0 Å². The van der Waals surface area contributed by atoms with Crippen molar-refractivity contribution in [1.82, 2.24) is 9.88 Å². The van der Waals surface area contributed by atoms with Gasteiger partial charge in [0.15, 0.2) is 0 Å². The van der Waals surface area contributed by atoms with Gasteiger partial charge in [0.1, 0.15) is 6.04 Å². The highest BCUT2D eigenvalue weighted by Gasteiger charge is 2.32. The summed E-state index contributed by atoms with van der Waals surface area (Å²) in [6.45, 7) is 0.539. The van der Waals surface area contributed by atoms with Gasteiger partial charge in [0.2, 0.25) is 5.91 Å². The van der Waals surface area contributed by atoms with Crippen LogP contribution in [-0.2, 0) is 4.79 Å². The lowest BCUT2D eigenvalue weighted by Gasteiger charge is -2.22. The van der Waals surface area contributed by atoms with Gasteiger partial charge in [-0.2, -0.15) is 0 Å². The van der Waals surface area contributed by atoms with Gasteiger partial charge < -0.3 is 16.0 Å². The van der Waals surface area contributed by atoms with Gasteiger partial charge in [0.25, 0.3) is 0 Å². The van der Waals surface area contributed by atoms with Gasteiger partial charge in [-0.1, -0.05) is 18.2 Å². The molecule has 0 bridgehead atoms. The van der Waals surface area contributed by atoms with E-state index in [4.69, 9.17) is 5.73 Å². The van der Waals surface area contributed by atoms with Gasteiger partial charge in [-0.05, 0) is 25.0 Å². The average Bonchev–Trinajstić information content (AvgIpc) is 2.97. The van der Waals surface area contributed by atoms with Crippen molar-refractivity contribution in [3.8, 4) is 0 Å². The average molecular weight is 284 g/mol. The Morgan fingerprint density at radius 1 is 1.29 bits per heavy atom. The van der Waals surface area contributed by atoms with Crippen LogP contribution in [0.2, 0.25) is 0 Å². The molecule has 1 fully saturated rings. The van der Waals surface area contributed by atoms with Crippen molar-refractivity contribution in [2.24, 2.45) is 5.73 Å². The van der Waals surface area contributed by atoms with Crippen molar-refractivity contribution >= 4 is 28.5 Å². The molecule has 1 atom stereocenters. The van der Waals surface area contributed by atoms with Crippen molar-refractivity contribution < 1.29 is 9.59 Å². The zero-order valence-corrected chi connectivity index (χ0v) is 11.5. The van der Waals surface area contributed by atoms with Crippen LogP contribution in [0.1, 0.15) is 12.8 Å². The van der Waals surface area contributed by atoms with Crippen LogP contribution in [0.3, 0.4) is 0 Å². The molecule has 1 saturated heterocycles. The maximum atomic E-state index is 12.4. The van der Waals surface area contributed by atoms with Crippen LogP contribution in [0, 0.1) is 0 Å². The first-order chi connectivity index (χ1) is 10.2. The van der Waals surface area contributed by atoms with E-state index in [2.05, 4.69) is 10.3 Å². The minimum Gasteiger partial charge on any atom is -0.368 e. The molecule has 21 heavy (non-hydrogen) atoms. The number of para-hydroxylation sites is 1. The Morgan fingerprint density at radius 3 is 2.90 bits per heavy atom. The van der Waals surface area contributed by atoms with Gasteiger partial charge in [-0.15, -0.1) is 0 Å². The van der Waals surface area contributed by atoms with E-state index < -0.39 is 11.9 Å². The first-order valence-corrected chi connectivity index (χ1v) is 6.87. The van der Waals surface area contributed by atoms with Crippen LogP contribution in [0.4, 0.5) is 10.5 Å². The fourth-order valence-corrected chi connectivity index (χ4v) is 2.70. The number of carbonyl (C=O) groups is 2. The van der Waals surface area contributed by atoms with E-state index in [0.29, 0.717) is 18.7 Å². The SMILES string of the molecule is NC(=O)[C@@H]1CCCN1C(=O)Nc1cccc2cccnc12. The van der Waals surface area contributed by atoms with E-state index in [-0.39, 0.29) is 6.03 Å². The maximum absolute atomic E-state index is 12.4. The number of anilines is 1. The Hall–Kier alpha value is -2.63. The molecule has 6 heteroatoms. The summed E-state index contributed by atoms with van der Waals surface area (Å²) >= 11 is 0. The summed E-state index contributed by atoms with van der Waals surface area (Å²) in [5.41, 5.74) is 6.69. The number of primary amides is 1. The van der Waals surface area contributed by atoms with E-state index in [0.717, 1.165) is 17.3 Å². The Kier molecular flexibility index (Phi) is 3.43. The zero-order valence-electron chi connectivity index (χ0n) is 11.5. The van der Waals surface area contributed by atoms with E-state index in [1.165, 1.54) is 4.90 Å². The first-order valence-electron chi connectivity index (χ1n) is 6.87. The fraction of sp³-hybridized carbons (Fsp3) is 0.267. The minimum absolute atomic E-state index is 0.311. The monoisotopic (exact) mass is 284 g/mol. The zero-order chi connectivity index (χ0) is 14.8. The summed E-state index contributed by atoms with van der Waals surface area (Å²) in [4.78, 5) is 29.5. The summed E-state index contributed by atoms with van der Waals surface area (Å²) in [7, 11) is 0. The molecule has 6 nitrogen and oxygen atoms in total. The first kappa shape index (κ1) is 13.4. The molecule has 2 heterocycles. The standard InChI is InChI=1S/C15H16N4O2/c16-14(20)12-7-3-9-19(12)15(21)18-11-6-1-4-10-5-2-8-17-13(10)11/h1-2,4-6,8,12H,3,7,9H2,(H2,16,20)(H,18,21)/t12-/m0/s1. The largest absolute Gasteiger partial charge is 0.368 e. The van der Waals surface area contributed by atoms with E-state index >= 15 is 0 Å². The molecule has 0 radical (unpaired) electrons. The van der Waals surface area contributed by atoms with Gasteiger partial charge in [0, 0.05) is 18.1 Å². The van der Waals surface area contributed by atoms with Crippen molar-refractivity contribution in [3.63, 3.8) is 0 Å². The lowest BCUT2D eigenvalue weighted by molar-refractivity contribution is -0.121. The normalized spacial score (nSPS) is 17.9. The topological polar surface area (TPSA) is 88.3 Å². The second-order valence-corrected chi connectivity index (χ2v) is 5.06. The molecule has 0 saturated carbocycles. The molecule has 1 aliphatic heterocycles. The van der Waals surface area contributed by atoms with E-state index in [1.807, 2.05) is 24.3 Å². The number of nitrogens with zero attached hydrogens (tertiary/aromatic N) is 2. The second kappa shape index (κ2) is 5.40. The summed E-state index contributed by atoms with van der Waals surface area (Å²) in [6, 6.07) is 8.53. The van der Waals surface area contributed by atoms with Crippen molar-refractivity contribution in [3.05, 3.63) is 36.5 Å². The molecule has 0 spiro atoms. The lowest BCUT2D eigenvalue weighted by Crippen LogP contribution is -2.45. The van der Waals surface area contributed by atoms with Gasteiger partial charge in [-0.25, -0.2) is 4.79 Å².